The predicted molar refractivity (Wildman–Crippen MR) is 65.3 cm³/mol. The second-order valence-electron chi connectivity index (χ2n) is 4.47. The summed E-state index contributed by atoms with van der Waals surface area (Å²) in [7, 11) is 0. The van der Waals surface area contributed by atoms with Crippen LogP contribution in [0.1, 0.15) is 19.3 Å². The SMILES string of the molecule is O=C(O)C1CCCN(c2cccc(O)c2)CC1. The predicted octanol–water partition coefficient (Wildman–Crippen LogP) is 2.08. The molecule has 1 heterocycles. The lowest BCUT2D eigenvalue weighted by Crippen LogP contribution is -2.24. The van der Waals surface area contributed by atoms with E-state index in [1.54, 1.807) is 12.1 Å². The molecule has 4 nitrogen and oxygen atoms in total. The van der Waals surface area contributed by atoms with Gasteiger partial charge in [-0.15, -0.1) is 0 Å². The minimum absolute atomic E-state index is 0.225. The van der Waals surface area contributed by atoms with Crippen LogP contribution in [0.3, 0.4) is 0 Å². The Hall–Kier alpha value is -1.71. The highest BCUT2D eigenvalue weighted by Gasteiger charge is 2.22. The maximum absolute atomic E-state index is 10.9. The van der Waals surface area contributed by atoms with E-state index in [1.807, 2.05) is 12.1 Å². The summed E-state index contributed by atoms with van der Waals surface area (Å²) in [6.45, 7) is 1.59. The summed E-state index contributed by atoms with van der Waals surface area (Å²) in [6, 6.07) is 7.12. The van der Waals surface area contributed by atoms with Gasteiger partial charge < -0.3 is 15.1 Å². The number of carboxylic acid groups (broad SMARTS) is 1. The van der Waals surface area contributed by atoms with Crippen molar-refractivity contribution >= 4 is 11.7 Å². The van der Waals surface area contributed by atoms with Crippen LogP contribution < -0.4 is 4.90 Å². The molecule has 92 valence electrons. The van der Waals surface area contributed by atoms with Crippen molar-refractivity contribution in [3.05, 3.63) is 24.3 Å². The van der Waals surface area contributed by atoms with Crippen LogP contribution in [0, 0.1) is 5.92 Å². The Kier molecular flexibility index (Phi) is 3.52. The lowest BCUT2D eigenvalue weighted by Gasteiger charge is -2.22. The van der Waals surface area contributed by atoms with E-state index in [-0.39, 0.29) is 11.7 Å². The van der Waals surface area contributed by atoms with Gasteiger partial charge in [0.2, 0.25) is 0 Å². The molecule has 17 heavy (non-hydrogen) atoms. The Bertz CT molecular complexity index is 405. The molecule has 4 heteroatoms. The Labute approximate surface area is 100 Å². The van der Waals surface area contributed by atoms with Crippen LogP contribution in [0.4, 0.5) is 5.69 Å². The van der Waals surface area contributed by atoms with Gasteiger partial charge in [0.1, 0.15) is 5.75 Å². The van der Waals surface area contributed by atoms with E-state index in [0.29, 0.717) is 6.42 Å². The van der Waals surface area contributed by atoms with E-state index in [4.69, 9.17) is 5.11 Å². The maximum atomic E-state index is 10.9. The zero-order valence-electron chi connectivity index (χ0n) is 9.67. The van der Waals surface area contributed by atoms with Crippen molar-refractivity contribution in [1.29, 1.82) is 0 Å². The number of benzene rings is 1. The highest BCUT2D eigenvalue weighted by Crippen LogP contribution is 2.25. The van der Waals surface area contributed by atoms with Gasteiger partial charge in [0.15, 0.2) is 0 Å². The molecule has 1 aliphatic rings. The summed E-state index contributed by atoms with van der Waals surface area (Å²) in [5.41, 5.74) is 0.969. The molecule has 1 unspecified atom stereocenters. The third kappa shape index (κ3) is 2.90. The smallest absolute Gasteiger partial charge is 0.306 e. The molecule has 0 amide bonds. The van der Waals surface area contributed by atoms with Crippen LogP contribution >= 0.6 is 0 Å². The third-order valence-electron chi connectivity index (χ3n) is 3.27. The monoisotopic (exact) mass is 235 g/mol. The number of carboxylic acids is 1. The summed E-state index contributed by atoms with van der Waals surface area (Å²) >= 11 is 0. The standard InChI is InChI=1S/C13H17NO3/c15-12-5-1-4-11(9-12)14-7-2-3-10(6-8-14)13(16)17/h1,4-5,9-10,15H,2-3,6-8H2,(H,16,17). The summed E-state index contributed by atoms with van der Waals surface area (Å²) in [5.74, 6) is -0.665. The maximum Gasteiger partial charge on any atom is 0.306 e. The number of phenolic OH excluding ortho intramolecular Hbond substituents is 1. The fraction of sp³-hybridized carbons (Fsp3) is 0.462. The van der Waals surface area contributed by atoms with Gasteiger partial charge in [0.25, 0.3) is 0 Å². The van der Waals surface area contributed by atoms with Gasteiger partial charge in [-0.1, -0.05) is 6.07 Å². The first-order valence-corrected chi connectivity index (χ1v) is 5.93. The molecule has 0 aliphatic carbocycles. The summed E-state index contributed by atoms with van der Waals surface area (Å²) in [6.07, 6.45) is 2.29. The number of rotatable bonds is 2. The normalized spacial score (nSPS) is 20.9. The molecule has 0 aromatic heterocycles. The molecular formula is C13H17NO3. The van der Waals surface area contributed by atoms with E-state index in [9.17, 15) is 9.90 Å². The van der Waals surface area contributed by atoms with Crippen LogP contribution in [-0.2, 0) is 4.79 Å². The second kappa shape index (κ2) is 5.08. The van der Waals surface area contributed by atoms with Gasteiger partial charge >= 0.3 is 5.97 Å². The molecule has 0 bridgehead atoms. The van der Waals surface area contributed by atoms with Crippen molar-refractivity contribution in [3.8, 4) is 5.75 Å². The van der Waals surface area contributed by atoms with E-state index >= 15 is 0 Å². The van der Waals surface area contributed by atoms with Crippen molar-refractivity contribution in [2.45, 2.75) is 19.3 Å². The van der Waals surface area contributed by atoms with Crippen LogP contribution in [0.5, 0.6) is 5.75 Å². The first kappa shape index (κ1) is 11.8. The summed E-state index contributed by atoms with van der Waals surface area (Å²) in [4.78, 5) is 13.1. The largest absolute Gasteiger partial charge is 0.508 e. The highest BCUT2D eigenvalue weighted by molar-refractivity contribution is 5.70. The highest BCUT2D eigenvalue weighted by atomic mass is 16.4. The number of aliphatic carboxylic acids is 1. The molecule has 0 radical (unpaired) electrons. The van der Waals surface area contributed by atoms with Crippen molar-refractivity contribution in [3.63, 3.8) is 0 Å². The summed E-state index contributed by atoms with van der Waals surface area (Å²) < 4.78 is 0. The molecule has 1 aromatic carbocycles. The average molecular weight is 235 g/mol. The lowest BCUT2D eigenvalue weighted by atomic mass is 10.0. The molecule has 2 rings (SSSR count). The number of hydrogen-bond acceptors (Lipinski definition) is 3. The van der Waals surface area contributed by atoms with Gasteiger partial charge in [-0.25, -0.2) is 0 Å². The number of phenols is 1. The van der Waals surface area contributed by atoms with E-state index in [1.165, 1.54) is 0 Å². The van der Waals surface area contributed by atoms with Crippen LogP contribution in [-0.4, -0.2) is 29.3 Å². The molecule has 1 atom stereocenters. The van der Waals surface area contributed by atoms with Crippen molar-refractivity contribution in [2.24, 2.45) is 5.92 Å². The quantitative estimate of drug-likeness (QED) is 0.824. The van der Waals surface area contributed by atoms with Crippen LogP contribution in [0.2, 0.25) is 0 Å². The Balaban J connectivity index is 2.06. The molecule has 0 spiro atoms. The van der Waals surface area contributed by atoms with E-state index < -0.39 is 5.97 Å². The lowest BCUT2D eigenvalue weighted by molar-refractivity contribution is -0.142. The van der Waals surface area contributed by atoms with Gasteiger partial charge in [-0.3, -0.25) is 4.79 Å². The van der Waals surface area contributed by atoms with Gasteiger partial charge in [0, 0.05) is 24.8 Å². The average Bonchev–Trinajstić information content (AvgIpc) is 2.54. The van der Waals surface area contributed by atoms with Crippen molar-refractivity contribution < 1.29 is 15.0 Å². The third-order valence-corrected chi connectivity index (χ3v) is 3.27. The molecule has 0 saturated carbocycles. The number of carbonyl (C=O) groups is 1. The zero-order valence-corrected chi connectivity index (χ0v) is 9.67. The van der Waals surface area contributed by atoms with E-state index in [2.05, 4.69) is 4.90 Å². The second-order valence-corrected chi connectivity index (χ2v) is 4.47. The molecule has 1 fully saturated rings. The number of nitrogens with zero attached hydrogens (tertiary/aromatic N) is 1. The van der Waals surface area contributed by atoms with Gasteiger partial charge in [-0.05, 0) is 31.4 Å². The Morgan fingerprint density at radius 2 is 2.12 bits per heavy atom. The number of anilines is 1. The van der Waals surface area contributed by atoms with Gasteiger partial charge in [0.05, 0.1) is 5.92 Å². The Morgan fingerprint density at radius 1 is 1.29 bits per heavy atom. The fourth-order valence-electron chi connectivity index (χ4n) is 2.29. The minimum atomic E-state index is -0.692. The first-order chi connectivity index (χ1) is 8.16. The number of hydrogen-bond donors (Lipinski definition) is 2. The molecule has 1 aliphatic heterocycles. The zero-order chi connectivity index (χ0) is 12.3. The molecule has 2 N–H and O–H groups in total. The van der Waals surface area contributed by atoms with Crippen molar-refractivity contribution in [2.75, 3.05) is 18.0 Å². The van der Waals surface area contributed by atoms with Crippen LogP contribution in [0.25, 0.3) is 0 Å². The Morgan fingerprint density at radius 3 is 2.82 bits per heavy atom. The molecular weight excluding hydrogens is 218 g/mol. The van der Waals surface area contributed by atoms with Crippen molar-refractivity contribution in [1.82, 2.24) is 0 Å². The fourth-order valence-corrected chi connectivity index (χ4v) is 2.29. The number of aromatic hydroxyl groups is 1. The summed E-state index contributed by atoms with van der Waals surface area (Å²) in [5, 5.41) is 18.4. The minimum Gasteiger partial charge on any atom is -0.508 e. The van der Waals surface area contributed by atoms with Crippen LogP contribution in [0.15, 0.2) is 24.3 Å². The molecule has 1 aromatic rings. The topological polar surface area (TPSA) is 60.8 Å². The van der Waals surface area contributed by atoms with Gasteiger partial charge in [-0.2, -0.15) is 0 Å². The van der Waals surface area contributed by atoms with E-state index in [0.717, 1.165) is 31.6 Å². The first-order valence-electron chi connectivity index (χ1n) is 5.93. The molecule has 1 saturated heterocycles.